The van der Waals surface area contributed by atoms with E-state index in [1.807, 2.05) is 0 Å². The first-order valence-electron chi connectivity index (χ1n) is 11.9. The van der Waals surface area contributed by atoms with E-state index in [0.29, 0.717) is 31.4 Å². The Bertz CT molecular complexity index is 973. The minimum absolute atomic E-state index is 0.00332. The van der Waals surface area contributed by atoms with E-state index < -0.39 is 17.7 Å². The highest BCUT2D eigenvalue weighted by Crippen LogP contribution is 2.38. The summed E-state index contributed by atoms with van der Waals surface area (Å²) in [5.41, 5.74) is 3.28. The third kappa shape index (κ3) is 6.40. The SMILES string of the molecule is CNC(CC(O)CNC1(c2cccc(C(C)(C)C)c2)CCC(=NO)CC1)c1cc(F)cc(F)c1. The second-order valence-electron chi connectivity index (χ2n) is 10.4. The van der Waals surface area contributed by atoms with Gasteiger partial charge in [0, 0.05) is 24.2 Å². The fourth-order valence-electron chi connectivity index (χ4n) is 4.78. The van der Waals surface area contributed by atoms with Crippen molar-refractivity contribution in [2.75, 3.05) is 13.6 Å². The molecule has 0 radical (unpaired) electrons. The lowest BCUT2D eigenvalue weighted by atomic mass is 9.74. The van der Waals surface area contributed by atoms with Gasteiger partial charge in [-0.1, -0.05) is 50.2 Å². The predicted octanol–water partition coefficient (Wildman–Crippen LogP) is 5.16. The van der Waals surface area contributed by atoms with Gasteiger partial charge in [0.05, 0.1) is 11.8 Å². The first kappa shape index (κ1) is 26.3. The monoisotopic (exact) mass is 473 g/mol. The van der Waals surface area contributed by atoms with Crippen LogP contribution in [0.3, 0.4) is 0 Å². The van der Waals surface area contributed by atoms with Crippen LogP contribution in [0, 0.1) is 11.6 Å². The van der Waals surface area contributed by atoms with Crippen molar-refractivity contribution >= 4 is 5.71 Å². The summed E-state index contributed by atoms with van der Waals surface area (Å²) in [7, 11) is 1.71. The Morgan fingerprint density at radius 3 is 2.26 bits per heavy atom. The molecule has 186 valence electrons. The minimum atomic E-state index is -0.737. The van der Waals surface area contributed by atoms with Crippen molar-refractivity contribution in [1.82, 2.24) is 10.6 Å². The van der Waals surface area contributed by atoms with Crippen molar-refractivity contribution in [3.05, 3.63) is 70.8 Å². The number of aliphatic hydroxyl groups is 1. The van der Waals surface area contributed by atoms with Gasteiger partial charge < -0.3 is 20.9 Å². The Morgan fingerprint density at radius 2 is 1.71 bits per heavy atom. The van der Waals surface area contributed by atoms with E-state index >= 15 is 0 Å². The molecule has 2 aromatic carbocycles. The lowest BCUT2D eigenvalue weighted by Crippen LogP contribution is -2.48. The molecule has 0 aliphatic heterocycles. The van der Waals surface area contributed by atoms with Crippen LogP contribution in [0.1, 0.15) is 75.6 Å². The average Bonchev–Trinajstić information content (AvgIpc) is 2.80. The standard InChI is InChI=1S/C27H37F2N3O2/c1-26(2,3)19-6-5-7-20(14-19)27(10-8-23(32-34)9-11-27)31-17-24(33)16-25(30-4)18-12-21(28)15-22(29)13-18/h5-7,12-15,24-25,30-31,33-34H,8-11,16-17H2,1-4H3. The Labute approximate surface area is 201 Å². The second kappa shape index (κ2) is 10.9. The molecule has 1 fully saturated rings. The number of hydrogen-bond donors (Lipinski definition) is 4. The van der Waals surface area contributed by atoms with Crippen molar-refractivity contribution < 1.29 is 19.1 Å². The molecule has 4 N–H and O–H groups in total. The van der Waals surface area contributed by atoms with Crippen molar-refractivity contribution in [1.29, 1.82) is 0 Å². The number of oxime groups is 1. The molecule has 0 aromatic heterocycles. The van der Waals surface area contributed by atoms with Gasteiger partial charge in [-0.05, 0) is 73.4 Å². The molecular weight excluding hydrogens is 436 g/mol. The molecule has 0 heterocycles. The highest BCUT2D eigenvalue weighted by molar-refractivity contribution is 5.85. The maximum absolute atomic E-state index is 13.7. The van der Waals surface area contributed by atoms with Gasteiger partial charge in [-0.15, -0.1) is 0 Å². The Hall–Kier alpha value is -2.35. The van der Waals surface area contributed by atoms with E-state index in [-0.39, 0.29) is 17.0 Å². The van der Waals surface area contributed by atoms with Crippen LogP contribution in [0.2, 0.25) is 0 Å². The fraction of sp³-hybridized carbons (Fsp3) is 0.519. The molecule has 7 heteroatoms. The van der Waals surface area contributed by atoms with Crippen LogP contribution in [-0.4, -0.2) is 35.7 Å². The summed E-state index contributed by atoms with van der Waals surface area (Å²) in [5.74, 6) is -1.27. The molecule has 0 bridgehead atoms. The van der Waals surface area contributed by atoms with Crippen molar-refractivity contribution in [2.24, 2.45) is 5.16 Å². The lowest BCUT2D eigenvalue weighted by molar-refractivity contribution is 0.127. The van der Waals surface area contributed by atoms with Gasteiger partial charge in [0.1, 0.15) is 11.6 Å². The zero-order valence-electron chi connectivity index (χ0n) is 20.5. The van der Waals surface area contributed by atoms with Gasteiger partial charge in [0.15, 0.2) is 0 Å². The first-order chi connectivity index (χ1) is 16.1. The summed E-state index contributed by atoms with van der Waals surface area (Å²) in [6.07, 6.45) is 2.39. The molecule has 2 unspecified atom stereocenters. The van der Waals surface area contributed by atoms with Gasteiger partial charge in [0.25, 0.3) is 0 Å². The number of hydrogen-bond acceptors (Lipinski definition) is 5. The average molecular weight is 474 g/mol. The van der Waals surface area contributed by atoms with E-state index in [1.165, 1.54) is 17.7 Å². The smallest absolute Gasteiger partial charge is 0.126 e. The summed E-state index contributed by atoms with van der Waals surface area (Å²) in [6.45, 7) is 6.86. The quantitative estimate of drug-likeness (QED) is 0.315. The highest BCUT2D eigenvalue weighted by Gasteiger charge is 2.36. The zero-order chi connectivity index (χ0) is 24.9. The van der Waals surface area contributed by atoms with Crippen molar-refractivity contribution in [2.45, 2.75) is 76.0 Å². The molecular formula is C27H37F2N3O2. The Kier molecular flexibility index (Phi) is 8.44. The van der Waals surface area contributed by atoms with Crippen LogP contribution in [0.4, 0.5) is 8.78 Å². The van der Waals surface area contributed by atoms with Crippen molar-refractivity contribution in [3.8, 4) is 0 Å². The van der Waals surface area contributed by atoms with Crippen LogP contribution in [0.5, 0.6) is 0 Å². The van der Waals surface area contributed by atoms with Gasteiger partial charge in [-0.2, -0.15) is 0 Å². The Balaban J connectivity index is 1.78. The zero-order valence-corrected chi connectivity index (χ0v) is 20.5. The maximum Gasteiger partial charge on any atom is 0.126 e. The lowest BCUT2D eigenvalue weighted by Gasteiger charge is -2.40. The number of rotatable bonds is 8. The topological polar surface area (TPSA) is 76.9 Å². The maximum atomic E-state index is 13.7. The largest absolute Gasteiger partial charge is 0.411 e. The van der Waals surface area contributed by atoms with Crippen LogP contribution >= 0.6 is 0 Å². The van der Waals surface area contributed by atoms with Crippen LogP contribution in [0.25, 0.3) is 0 Å². The molecule has 3 rings (SSSR count). The molecule has 0 amide bonds. The highest BCUT2D eigenvalue weighted by atomic mass is 19.1. The molecule has 5 nitrogen and oxygen atoms in total. The van der Waals surface area contributed by atoms with Crippen LogP contribution in [-0.2, 0) is 11.0 Å². The Morgan fingerprint density at radius 1 is 1.06 bits per heavy atom. The van der Waals surface area contributed by atoms with Gasteiger partial charge in [-0.3, -0.25) is 0 Å². The van der Waals surface area contributed by atoms with E-state index in [9.17, 15) is 19.1 Å². The number of halogens is 2. The van der Waals surface area contributed by atoms with E-state index in [1.54, 1.807) is 7.05 Å². The number of aliphatic hydroxyl groups excluding tert-OH is 1. The summed E-state index contributed by atoms with van der Waals surface area (Å²) in [5, 5.41) is 30.2. The second-order valence-corrected chi connectivity index (χ2v) is 10.4. The number of nitrogens with zero attached hydrogens (tertiary/aromatic N) is 1. The number of nitrogens with one attached hydrogen (secondary N) is 2. The predicted molar refractivity (Wildman–Crippen MR) is 131 cm³/mol. The van der Waals surface area contributed by atoms with Gasteiger partial charge in [-0.25, -0.2) is 8.78 Å². The van der Waals surface area contributed by atoms with E-state index in [4.69, 9.17) is 0 Å². The fourth-order valence-corrected chi connectivity index (χ4v) is 4.78. The van der Waals surface area contributed by atoms with Gasteiger partial charge in [0.2, 0.25) is 0 Å². The molecule has 1 saturated carbocycles. The summed E-state index contributed by atoms with van der Waals surface area (Å²) < 4.78 is 27.4. The summed E-state index contributed by atoms with van der Waals surface area (Å²) in [4.78, 5) is 0. The molecule has 34 heavy (non-hydrogen) atoms. The molecule has 1 aliphatic carbocycles. The van der Waals surface area contributed by atoms with E-state index in [2.05, 4.69) is 60.8 Å². The minimum Gasteiger partial charge on any atom is -0.411 e. The third-order valence-corrected chi connectivity index (χ3v) is 6.92. The van der Waals surface area contributed by atoms with Gasteiger partial charge >= 0.3 is 0 Å². The summed E-state index contributed by atoms with van der Waals surface area (Å²) >= 11 is 0. The molecule has 0 spiro atoms. The molecule has 2 atom stereocenters. The molecule has 2 aromatic rings. The molecule has 1 aliphatic rings. The van der Waals surface area contributed by atoms with Crippen molar-refractivity contribution in [3.63, 3.8) is 0 Å². The van der Waals surface area contributed by atoms with Crippen LogP contribution in [0.15, 0.2) is 47.6 Å². The van der Waals surface area contributed by atoms with Crippen LogP contribution < -0.4 is 10.6 Å². The van der Waals surface area contributed by atoms with E-state index in [0.717, 1.165) is 30.2 Å². The molecule has 0 saturated heterocycles. The third-order valence-electron chi connectivity index (χ3n) is 6.92. The number of benzene rings is 2. The first-order valence-corrected chi connectivity index (χ1v) is 11.9. The summed E-state index contributed by atoms with van der Waals surface area (Å²) in [6, 6.07) is 11.6. The normalized spacial score (nSPS) is 20.7.